The second kappa shape index (κ2) is 5.85. The Labute approximate surface area is 110 Å². The summed E-state index contributed by atoms with van der Waals surface area (Å²) in [7, 11) is 1.60. The predicted octanol–water partition coefficient (Wildman–Crippen LogP) is 0.332. The lowest BCUT2D eigenvalue weighted by Gasteiger charge is -2.12. The molecule has 0 aliphatic carbocycles. The summed E-state index contributed by atoms with van der Waals surface area (Å²) in [5, 5.41) is 13.4. The van der Waals surface area contributed by atoms with Crippen LogP contribution in [0.5, 0.6) is 0 Å². The Morgan fingerprint density at radius 2 is 2.32 bits per heavy atom. The van der Waals surface area contributed by atoms with E-state index < -0.39 is 0 Å². The lowest BCUT2D eigenvalue weighted by Crippen LogP contribution is -2.21. The summed E-state index contributed by atoms with van der Waals surface area (Å²) in [5.74, 6) is -0.150. The average Bonchev–Trinajstić information content (AvgIpc) is 2.91. The number of nitrogens with one attached hydrogen (secondary N) is 2. The van der Waals surface area contributed by atoms with E-state index in [-0.39, 0.29) is 5.91 Å². The minimum Gasteiger partial charge on any atom is -0.399 e. The summed E-state index contributed by atoms with van der Waals surface area (Å²) in [6.07, 6.45) is 3.40. The number of amides is 1. The molecule has 100 valence electrons. The van der Waals surface area contributed by atoms with Gasteiger partial charge in [0.2, 0.25) is 0 Å². The number of nitrogen functional groups attached to an aromatic ring is 1. The van der Waals surface area contributed by atoms with E-state index in [2.05, 4.69) is 20.9 Å². The number of hydrogen-bond donors (Lipinski definition) is 3. The zero-order chi connectivity index (χ0) is 13.7. The highest BCUT2D eigenvalue weighted by Crippen LogP contribution is 2.19. The molecule has 1 aromatic carbocycles. The molecule has 7 nitrogen and oxygen atoms in total. The van der Waals surface area contributed by atoms with Gasteiger partial charge in [0.05, 0.1) is 18.3 Å². The van der Waals surface area contributed by atoms with E-state index in [1.807, 2.05) is 0 Å². The van der Waals surface area contributed by atoms with Crippen molar-refractivity contribution < 1.29 is 4.79 Å². The molecule has 0 aliphatic rings. The van der Waals surface area contributed by atoms with Gasteiger partial charge in [0.15, 0.2) is 0 Å². The van der Waals surface area contributed by atoms with Gasteiger partial charge in [-0.15, -0.1) is 5.10 Å². The maximum Gasteiger partial charge on any atom is 0.253 e. The molecule has 0 bridgehead atoms. The first-order valence-electron chi connectivity index (χ1n) is 5.90. The second-order valence-corrected chi connectivity index (χ2v) is 3.98. The Morgan fingerprint density at radius 3 is 3.00 bits per heavy atom. The van der Waals surface area contributed by atoms with Crippen LogP contribution < -0.4 is 16.4 Å². The smallest absolute Gasteiger partial charge is 0.253 e. The SMILES string of the molecule is CNC(=O)c1ccc(N)cc1NCCn1ccnn1. The van der Waals surface area contributed by atoms with Crippen molar-refractivity contribution in [1.29, 1.82) is 0 Å². The van der Waals surface area contributed by atoms with Gasteiger partial charge in [-0.3, -0.25) is 9.48 Å². The molecule has 0 spiro atoms. The molecule has 7 heteroatoms. The third kappa shape index (κ3) is 3.21. The lowest BCUT2D eigenvalue weighted by atomic mass is 10.1. The normalized spacial score (nSPS) is 10.2. The van der Waals surface area contributed by atoms with Crippen molar-refractivity contribution in [2.45, 2.75) is 6.54 Å². The number of hydrogen-bond acceptors (Lipinski definition) is 5. The van der Waals surface area contributed by atoms with Gasteiger partial charge in [-0.05, 0) is 18.2 Å². The highest BCUT2D eigenvalue weighted by Gasteiger charge is 2.09. The van der Waals surface area contributed by atoms with Crippen molar-refractivity contribution >= 4 is 17.3 Å². The van der Waals surface area contributed by atoms with E-state index in [9.17, 15) is 4.79 Å². The molecule has 0 unspecified atom stereocenters. The summed E-state index contributed by atoms with van der Waals surface area (Å²) in [6.45, 7) is 1.28. The maximum absolute atomic E-state index is 11.7. The largest absolute Gasteiger partial charge is 0.399 e. The zero-order valence-electron chi connectivity index (χ0n) is 10.6. The van der Waals surface area contributed by atoms with Crippen molar-refractivity contribution in [3.05, 3.63) is 36.2 Å². The standard InChI is InChI=1S/C12H16N6O/c1-14-12(19)10-3-2-9(13)8-11(10)15-4-6-18-7-5-16-17-18/h2-3,5,7-8,15H,4,6,13H2,1H3,(H,14,19). The minimum atomic E-state index is -0.150. The van der Waals surface area contributed by atoms with E-state index >= 15 is 0 Å². The van der Waals surface area contributed by atoms with Crippen LogP contribution in [0.3, 0.4) is 0 Å². The van der Waals surface area contributed by atoms with E-state index in [1.54, 1.807) is 42.3 Å². The zero-order valence-corrected chi connectivity index (χ0v) is 10.6. The quantitative estimate of drug-likeness (QED) is 0.673. The molecule has 0 saturated heterocycles. The second-order valence-electron chi connectivity index (χ2n) is 3.98. The molecule has 0 fully saturated rings. The van der Waals surface area contributed by atoms with Crippen LogP contribution in [0.25, 0.3) is 0 Å². The average molecular weight is 260 g/mol. The van der Waals surface area contributed by atoms with E-state index in [0.29, 0.717) is 30.0 Å². The molecular formula is C12H16N6O. The Bertz CT molecular complexity index is 551. The van der Waals surface area contributed by atoms with E-state index in [0.717, 1.165) is 0 Å². The van der Waals surface area contributed by atoms with Crippen LogP contribution in [0.4, 0.5) is 11.4 Å². The molecule has 4 N–H and O–H groups in total. The van der Waals surface area contributed by atoms with Crippen molar-refractivity contribution in [3.63, 3.8) is 0 Å². The number of benzene rings is 1. The highest BCUT2D eigenvalue weighted by molar-refractivity contribution is 6.00. The van der Waals surface area contributed by atoms with Gasteiger partial charge in [0.25, 0.3) is 5.91 Å². The molecule has 0 atom stereocenters. The van der Waals surface area contributed by atoms with Gasteiger partial charge in [-0.25, -0.2) is 0 Å². The monoisotopic (exact) mass is 260 g/mol. The topological polar surface area (TPSA) is 97.9 Å². The van der Waals surface area contributed by atoms with Crippen LogP contribution in [-0.2, 0) is 6.54 Å². The molecule has 0 aliphatic heterocycles. The van der Waals surface area contributed by atoms with E-state index in [4.69, 9.17) is 5.73 Å². The lowest BCUT2D eigenvalue weighted by molar-refractivity contribution is 0.0964. The van der Waals surface area contributed by atoms with Crippen LogP contribution in [0.1, 0.15) is 10.4 Å². The van der Waals surface area contributed by atoms with Crippen LogP contribution >= 0.6 is 0 Å². The highest BCUT2D eigenvalue weighted by atomic mass is 16.1. The minimum absolute atomic E-state index is 0.150. The fraction of sp³-hybridized carbons (Fsp3) is 0.250. The van der Waals surface area contributed by atoms with Crippen molar-refractivity contribution in [2.75, 3.05) is 24.6 Å². The molecule has 19 heavy (non-hydrogen) atoms. The van der Waals surface area contributed by atoms with Gasteiger partial charge in [-0.1, -0.05) is 5.21 Å². The Morgan fingerprint density at radius 1 is 1.47 bits per heavy atom. The number of rotatable bonds is 5. The van der Waals surface area contributed by atoms with Crippen LogP contribution in [0, 0.1) is 0 Å². The number of carbonyl (C=O) groups excluding carboxylic acids is 1. The molecule has 2 aromatic rings. The van der Waals surface area contributed by atoms with Crippen molar-refractivity contribution in [2.24, 2.45) is 0 Å². The van der Waals surface area contributed by atoms with Gasteiger partial charge in [0.1, 0.15) is 0 Å². The molecule has 2 rings (SSSR count). The van der Waals surface area contributed by atoms with Gasteiger partial charge in [-0.2, -0.15) is 0 Å². The first-order chi connectivity index (χ1) is 9.20. The predicted molar refractivity (Wildman–Crippen MR) is 72.8 cm³/mol. The fourth-order valence-electron chi connectivity index (χ4n) is 1.70. The molecule has 1 aromatic heterocycles. The summed E-state index contributed by atoms with van der Waals surface area (Å²) in [6, 6.07) is 5.14. The fourth-order valence-corrected chi connectivity index (χ4v) is 1.70. The van der Waals surface area contributed by atoms with Crippen LogP contribution in [-0.4, -0.2) is 34.5 Å². The summed E-state index contributed by atoms with van der Waals surface area (Å²) < 4.78 is 1.71. The molecular weight excluding hydrogens is 244 g/mol. The van der Waals surface area contributed by atoms with Crippen LogP contribution in [0.15, 0.2) is 30.6 Å². The van der Waals surface area contributed by atoms with Gasteiger partial charge in [0, 0.05) is 31.2 Å². The van der Waals surface area contributed by atoms with Gasteiger partial charge >= 0.3 is 0 Å². The Balaban J connectivity index is 2.05. The van der Waals surface area contributed by atoms with Crippen molar-refractivity contribution in [3.8, 4) is 0 Å². The molecule has 1 amide bonds. The number of anilines is 2. The summed E-state index contributed by atoms with van der Waals surface area (Å²) in [5.41, 5.74) is 7.62. The number of nitrogens with zero attached hydrogens (tertiary/aromatic N) is 3. The maximum atomic E-state index is 11.7. The number of carbonyl (C=O) groups is 1. The van der Waals surface area contributed by atoms with Crippen LogP contribution in [0.2, 0.25) is 0 Å². The Kier molecular flexibility index (Phi) is 3.97. The van der Waals surface area contributed by atoms with E-state index in [1.165, 1.54) is 0 Å². The van der Waals surface area contributed by atoms with Crippen molar-refractivity contribution in [1.82, 2.24) is 20.3 Å². The molecule has 0 radical (unpaired) electrons. The number of aromatic nitrogens is 3. The molecule has 0 saturated carbocycles. The number of nitrogens with two attached hydrogens (primary N) is 1. The summed E-state index contributed by atoms with van der Waals surface area (Å²) in [4.78, 5) is 11.7. The first kappa shape index (κ1) is 12.9. The molecule has 1 heterocycles. The Hall–Kier alpha value is -2.57. The summed E-state index contributed by atoms with van der Waals surface area (Å²) >= 11 is 0. The third-order valence-electron chi connectivity index (χ3n) is 2.64. The first-order valence-corrected chi connectivity index (χ1v) is 5.90. The van der Waals surface area contributed by atoms with Gasteiger partial charge < -0.3 is 16.4 Å². The third-order valence-corrected chi connectivity index (χ3v) is 2.64.